The molecular formula is C14H14Cl2N2. The van der Waals surface area contributed by atoms with Crippen molar-refractivity contribution in [3.63, 3.8) is 0 Å². The van der Waals surface area contributed by atoms with Gasteiger partial charge in [-0.1, -0.05) is 35.3 Å². The minimum atomic E-state index is 0.664. The lowest BCUT2D eigenvalue weighted by Crippen LogP contribution is -2.07. The Labute approximate surface area is 117 Å². The van der Waals surface area contributed by atoms with Crippen LogP contribution in [0.4, 0.5) is 5.82 Å². The molecule has 0 radical (unpaired) electrons. The summed E-state index contributed by atoms with van der Waals surface area (Å²) in [7, 11) is 0. The Hall–Kier alpha value is -1.25. The smallest absolute Gasteiger partial charge is 0.128 e. The first kappa shape index (κ1) is 13.2. The van der Waals surface area contributed by atoms with Crippen LogP contribution in [0, 0.1) is 6.92 Å². The molecule has 2 aromatic rings. The molecule has 94 valence electrons. The minimum Gasteiger partial charge on any atom is -0.370 e. The fraction of sp³-hybridized carbons (Fsp3) is 0.214. The van der Waals surface area contributed by atoms with Crippen LogP contribution >= 0.6 is 23.2 Å². The molecule has 0 spiro atoms. The summed E-state index contributed by atoms with van der Waals surface area (Å²) in [5.41, 5.74) is 2.22. The SMILES string of the molecule is Cc1cccnc1NCCc1ccc(Cl)cc1Cl. The van der Waals surface area contributed by atoms with E-state index >= 15 is 0 Å². The van der Waals surface area contributed by atoms with Crippen molar-refractivity contribution < 1.29 is 0 Å². The van der Waals surface area contributed by atoms with Gasteiger partial charge in [-0.3, -0.25) is 0 Å². The highest BCUT2D eigenvalue weighted by Gasteiger charge is 2.02. The molecule has 0 amide bonds. The summed E-state index contributed by atoms with van der Waals surface area (Å²) in [5, 5.41) is 4.67. The fourth-order valence-corrected chi connectivity index (χ4v) is 2.21. The van der Waals surface area contributed by atoms with Crippen molar-refractivity contribution in [3.8, 4) is 0 Å². The van der Waals surface area contributed by atoms with Crippen LogP contribution in [0.3, 0.4) is 0 Å². The number of aryl methyl sites for hydroxylation is 1. The highest BCUT2D eigenvalue weighted by Crippen LogP contribution is 2.21. The maximum Gasteiger partial charge on any atom is 0.128 e. The van der Waals surface area contributed by atoms with Gasteiger partial charge in [0.2, 0.25) is 0 Å². The zero-order chi connectivity index (χ0) is 13.0. The Morgan fingerprint density at radius 2 is 2.06 bits per heavy atom. The average molecular weight is 281 g/mol. The van der Waals surface area contributed by atoms with Crippen LogP contribution in [0.5, 0.6) is 0 Å². The van der Waals surface area contributed by atoms with E-state index in [-0.39, 0.29) is 0 Å². The lowest BCUT2D eigenvalue weighted by Gasteiger charge is -2.09. The summed E-state index contributed by atoms with van der Waals surface area (Å²) >= 11 is 12.0. The monoisotopic (exact) mass is 280 g/mol. The molecule has 1 aromatic heterocycles. The Balaban J connectivity index is 1.95. The first-order valence-corrected chi connectivity index (χ1v) is 6.52. The van der Waals surface area contributed by atoms with E-state index in [0.717, 1.165) is 29.9 Å². The standard InChI is InChI=1S/C14H14Cl2N2/c1-10-3-2-7-17-14(10)18-8-6-11-4-5-12(15)9-13(11)16/h2-5,7,9H,6,8H2,1H3,(H,17,18). The molecule has 1 heterocycles. The third-order valence-corrected chi connectivity index (χ3v) is 3.30. The second-order valence-corrected chi connectivity index (χ2v) is 4.93. The van der Waals surface area contributed by atoms with Crippen LogP contribution in [0.2, 0.25) is 10.0 Å². The number of rotatable bonds is 4. The first-order chi connectivity index (χ1) is 8.66. The molecule has 0 saturated carbocycles. The number of pyridine rings is 1. The van der Waals surface area contributed by atoms with Crippen LogP contribution in [0.1, 0.15) is 11.1 Å². The summed E-state index contributed by atoms with van der Waals surface area (Å²) in [6.45, 7) is 2.82. The van der Waals surface area contributed by atoms with E-state index in [9.17, 15) is 0 Å². The summed E-state index contributed by atoms with van der Waals surface area (Å²) in [4.78, 5) is 4.28. The van der Waals surface area contributed by atoms with Gasteiger partial charge >= 0.3 is 0 Å². The molecule has 0 unspecified atom stereocenters. The highest BCUT2D eigenvalue weighted by atomic mass is 35.5. The Bertz CT molecular complexity index is 541. The number of anilines is 1. The Morgan fingerprint density at radius 1 is 1.22 bits per heavy atom. The molecule has 0 bridgehead atoms. The van der Waals surface area contributed by atoms with Crippen LogP contribution in [-0.4, -0.2) is 11.5 Å². The van der Waals surface area contributed by atoms with Gasteiger partial charge in [-0.2, -0.15) is 0 Å². The number of hydrogen-bond acceptors (Lipinski definition) is 2. The molecule has 18 heavy (non-hydrogen) atoms. The van der Waals surface area contributed by atoms with E-state index in [1.165, 1.54) is 0 Å². The Kier molecular flexibility index (Phi) is 4.45. The van der Waals surface area contributed by atoms with E-state index < -0.39 is 0 Å². The summed E-state index contributed by atoms with van der Waals surface area (Å²) in [6, 6.07) is 9.54. The van der Waals surface area contributed by atoms with Crippen LogP contribution < -0.4 is 5.32 Å². The Morgan fingerprint density at radius 3 is 2.78 bits per heavy atom. The molecule has 0 saturated heterocycles. The maximum atomic E-state index is 6.11. The van der Waals surface area contributed by atoms with Gasteiger partial charge in [0.25, 0.3) is 0 Å². The van der Waals surface area contributed by atoms with E-state index in [1.54, 1.807) is 12.3 Å². The van der Waals surface area contributed by atoms with Crippen LogP contribution in [0.25, 0.3) is 0 Å². The van der Waals surface area contributed by atoms with Gasteiger partial charge in [0.15, 0.2) is 0 Å². The molecule has 2 rings (SSSR count). The second-order valence-electron chi connectivity index (χ2n) is 4.08. The lowest BCUT2D eigenvalue weighted by atomic mass is 10.1. The molecule has 1 aromatic carbocycles. The molecule has 0 atom stereocenters. The fourth-order valence-electron chi connectivity index (χ4n) is 1.71. The second kappa shape index (κ2) is 6.07. The van der Waals surface area contributed by atoms with Gasteiger partial charge in [0, 0.05) is 22.8 Å². The van der Waals surface area contributed by atoms with Gasteiger partial charge in [-0.15, -0.1) is 0 Å². The quantitative estimate of drug-likeness (QED) is 0.901. The summed E-state index contributed by atoms with van der Waals surface area (Å²) in [5.74, 6) is 0.919. The molecule has 4 heteroatoms. The van der Waals surface area contributed by atoms with Gasteiger partial charge in [0.05, 0.1) is 0 Å². The first-order valence-electron chi connectivity index (χ1n) is 5.76. The van der Waals surface area contributed by atoms with Crippen molar-refractivity contribution in [1.29, 1.82) is 0 Å². The molecule has 1 N–H and O–H groups in total. The van der Waals surface area contributed by atoms with Crippen LogP contribution in [-0.2, 0) is 6.42 Å². The number of halogens is 2. The zero-order valence-corrected chi connectivity index (χ0v) is 11.6. The topological polar surface area (TPSA) is 24.9 Å². The third kappa shape index (κ3) is 3.37. The van der Waals surface area contributed by atoms with Gasteiger partial charge < -0.3 is 5.32 Å². The van der Waals surface area contributed by atoms with Crippen LogP contribution in [0.15, 0.2) is 36.5 Å². The normalized spacial score (nSPS) is 10.4. The van der Waals surface area contributed by atoms with E-state index in [1.807, 2.05) is 31.2 Å². The highest BCUT2D eigenvalue weighted by molar-refractivity contribution is 6.35. The summed E-state index contributed by atoms with van der Waals surface area (Å²) < 4.78 is 0. The van der Waals surface area contributed by atoms with Crippen molar-refractivity contribution in [1.82, 2.24) is 4.98 Å². The molecule has 0 aliphatic carbocycles. The zero-order valence-electron chi connectivity index (χ0n) is 10.1. The molecule has 2 nitrogen and oxygen atoms in total. The van der Waals surface area contributed by atoms with Crippen molar-refractivity contribution in [3.05, 3.63) is 57.7 Å². The predicted octanol–water partition coefficient (Wildman–Crippen LogP) is 4.35. The maximum absolute atomic E-state index is 6.11. The van der Waals surface area contributed by atoms with E-state index in [0.29, 0.717) is 10.0 Å². The number of hydrogen-bond donors (Lipinski definition) is 1. The molecule has 0 aliphatic rings. The van der Waals surface area contributed by atoms with Crippen molar-refractivity contribution >= 4 is 29.0 Å². The number of nitrogens with zero attached hydrogens (tertiary/aromatic N) is 1. The lowest BCUT2D eigenvalue weighted by molar-refractivity contribution is 1.00. The van der Waals surface area contributed by atoms with Gasteiger partial charge in [-0.05, 0) is 42.7 Å². The van der Waals surface area contributed by atoms with Gasteiger partial charge in [-0.25, -0.2) is 4.98 Å². The third-order valence-electron chi connectivity index (χ3n) is 2.71. The number of nitrogens with one attached hydrogen (secondary N) is 1. The molecule has 0 aliphatic heterocycles. The van der Waals surface area contributed by atoms with E-state index in [4.69, 9.17) is 23.2 Å². The van der Waals surface area contributed by atoms with Crippen molar-refractivity contribution in [2.75, 3.05) is 11.9 Å². The van der Waals surface area contributed by atoms with Gasteiger partial charge in [0.1, 0.15) is 5.82 Å². The number of benzene rings is 1. The predicted molar refractivity (Wildman–Crippen MR) is 77.6 cm³/mol. The molecule has 0 fully saturated rings. The number of aromatic nitrogens is 1. The van der Waals surface area contributed by atoms with E-state index in [2.05, 4.69) is 10.3 Å². The average Bonchev–Trinajstić information content (AvgIpc) is 2.34. The van der Waals surface area contributed by atoms with Crippen molar-refractivity contribution in [2.45, 2.75) is 13.3 Å². The van der Waals surface area contributed by atoms with Crippen molar-refractivity contribution in [2.24, 2.45) is 0 Å². The molecular weight excluding hydrogens is 267 g/mol. The minimum absolute atomic E-state index is 0.664. The largest absolute Gasteiger partial charge is 0.370 e. The summed E-state index contributed by atoms with van der Waals surface area (Å²) in [6.07, 6.45) is 2.62.